The number of hydrazone groups is 1. The van der Waals surface area contributed by atoms with E-state index in [2.05, 4.69) is 108 Å². The molecular weight excluding hydrogens is 628 g/mol. The SMILES string of the molecule is COc1ccc(C2=N[N+](=C3C=CC(=C4C=C(c5ccccc5)OC(c5ccccc5)=C4)C=C3)C(c3ccccc3)C2)cc1.[O-][Cl+3]([O-])([O-])[O-]. The van der Waals surface area contributed by atoms with Gasteiger partial charge >= 0.3 is 0 Å². The smallest absolute Gasteiger partial charge is 0.232 e. The van der Waals surface area contributed by atoms with Crippen LogP contribution in [0.15, 0.2) is 168 Å². The first kappa shape index (κ1) is 32.6. The van der Waals surface area contributed by atoms with Crippen molar-refractivity contribution in [2.75, 3.05) is 7.11 Å². The number of halogens is 1. The van der Waals surface area contributed by atoms with E-state index in [0.717, 1.165) is 62.9 Å². The van der Waals surface area contributed by atoms with Gasteiger partial charge in [-0.25, -0.2) is 18.6 Å². The maximum absolute atomic E-state index is 8.49. The molecule has 2 aliphatic heterocycles. The van der Waals surface area contributed by atoms with Crippen LogP contribution in [-0.4, -0.2) is 23.2 Å². The second-order valence-corrected chi connectivity index (χ2v) is 11.7. The van der Waals surface area contributed by atoms with Gasteiger partial charge in [-0.3, -0.25) is 0 Å². The van der Waals surface area contributed by atoms with Crippen LogP contribution in [0.25, 0.3) is 11.5 Å². The molecule has 0 saturated heterocycles. The fourth-order valence-corrected chi connectivity index (χ4v) is 5.61. The zero-order chi connectivity index (χ0) is 33.5. The van der Waals surface area contributed by atoms with Gasteiger partial charge in [-0.1, -0.05) is 95.7 Å². The lowest BCUT2D eigenvalue weighted by atomic mass is 9.96. The summed E-state index contributed by atoms with van der Waals surface area (Å²) in [4.78, 5) is 0. The van der Waals surface area contributed by atoms with Gasteiger partial charge in [-0.2, -0.15) is 0 Å². The average molecular weight is 659 g/mol. The van der Waals surface area contributed by atoms with Crippen LogP contribution in [-0.2, 0) is 4.74 Å². The van der Waals surface area contributed by atoms with Gasteiger partial charge in [0.15, 0.2) is 0 Å². The Hall–Kier alpha value is -5.35. The summed E-state index contributed by atoms with van der Waals surface area (Å²) < 4.78 is 47.9. The molecule has 0 saturated carbocycles. The second-order valence-electron chi connectivity index (χ2n) is 11.0. The molecule has 4 aromatic rings. The lowest BCUT2D eigenvalue weighted by Gasteiger charge is -2.20. The number of allylic oxidation sites excluding steroid dienone is 8. The standard InChI is InChI=1S/C39H31N2O2.ClHO4/c1-42-35-23-19-29(20-24-35)36-27-37(30-11-5-2-6-12-30)41(40-36)34-21-17-28(18-22-34)33-25-38(31-13-7-3-8-14-31)43-39(26-33)32-15-9-4-10-16-32;2-1(3,4)5/h2-26,37H,27H2,1H3;(H,2,3,4,5)/q+1;/p-1. The molecule has 0 radical (unpaired) electrons. The predicted molar refractivity (Wildman–Crippen MR) is 174 cm³/mol. The summed E-state index contributed by atoms with van der Waals surface area (Å²) in [5.74, 6) is 2.51. The van der Waals surface area contributed by atoms with Crippen molar-refractivity contribution in [2.45, 2.75) is 12.5 Å². The first-order valence-corrected chi connectivity index (χ1v) is 16.4. The molecule has 1 unspecified atom stereocenters. The summed E-state index contributed by atoms with van der Waals surface area (Å²) in [7, 11) is -3.26. The van der Waals surface area contributed by atoms with Gasteiger partial charge < -0.3 is 9.47 Å². The molecule has 0 amide bonds. The molecule has 9 heteroatoms. The van der Waals surface area contributed by atoms with E-state index < -0.39 is 10.2 Å². The van der Waals surface area contributed by atoms with Crippen molar-refractivity contribution in [1.29, 1.82) is 0 Å². The molecule has 1 atom stereocenters. The van der Waals surface area contributed by atoms with E-state index in [4.69, 9.17) is 33.2 Å². The van der Waals surface area contributed by atoms with Gasteiger partial charge in [0.05, 0.1) is 13.5 Å². The molecule has 3 aliphatic rings. The number of ether oxygens (including phenoxy) is 2. The van der Waals surface area contributed by atoms with E-state index in [0.29, 0.717) is 0 Å². The van der Waals surface area contributed by atoms with Gasteiger partial charge in [-0.15, -0.1) is 10.2 Å². The normalized spacial score (nSPS) is 17.2. The quantitative estimate of drug-likeness (QED) is 0.301. The molecule has 8 nitrogen and oxygen atoms in total. The van der Waals surface area contributed by atoms with Crippen molar-refractivity contribution in [3.05, 3.63) is 185 Å². The van der Waals surface area contributed by atoms with Crippen molar-refractivity contribution in [2.24, 2.45) is 5.10 Å². The number of hydrogen-bond donors (Lipinski definition) is 0. The average Bonchev–Trinajstić information content (AvgIpc) is 3.58. The van der Waals surface area contributed by atoms with Crippen molar-refractivity contribution in [3.8, 4) is 5.75 Å². The first-order valence-electron chi connectivity index (χ1n) is 15.1. The van der Waals surface area contributed by atoms with Gasteiger partial charge in [0.1, 0.15) is 23.0 Å². The third-order valence-electron chi connectivity index (χ3n) is 7.89. The lowest BCUT2D eigenvalue weighted by Crippen LogP contribution is -2.68. The summed E-state index contributed by atoms with van der Waals surface area (Å²) in [6.45, 7) is 0. The molecule has 0 N–H and O–H groups in total. The van der Waals surface area contributed by atoms with E-state index >= 15 is 0 Å². The third-order valence-corrected chi connectivity index (χ3v) is 7.89. The van der Waals surface area contributed by atoms with Gasteiger partial charge in [-0.05, 0) is 64.8 Å². The van der Waals surface area contributed by atoms with Crippen molar-refractivity contribution >= 4 is 22.9 Å². The number of nitrogens with zero attached hydrogens (tertiary/aromatic N) is 2. The molecule has 1 aliphatic carbocycles. The third kappa shape index (κ3) is 8.13. The molecule has 0 aromatic heterocycles. The van der Waals surface area contributed by atoms with Crippen LogP contribution in [0.1, 0.15) is 34.7 Å². The van der Waals surface area contributed by atoms with Crippen LogP contribution in [0.4, 0.5) is 0 Å². The molecule has 0 fully saturated rings. The fourth-order valence-electron chi connectivity index (χ4n) is 5.61. The Morgan fingerprint density at radius 2 is 1.15 bits per heavy atom. The van der Waals surface area contributed by atoms with E-state index in [1.54, 1.807) is 7.11 Å². The predicted octanol–water partition coefficient (Wildman–Crippen LogP) is 3.78. The molecule has 0 spiro atoms. The summed E-state index contributed by atoms with van der Waals surface area (Å²) in [6, 6.07) is 39.4. The zero-order valence-electron chi connectivity index (χ0n) is 25.9. The fraction of sp³-hybridized carbons (Fsp3) is 0.0769. The minimum atomic E-state index is -4.94. The lowest BCUT2D eigenvalue weighted by molar-refractivity contribution is -2.00. The monoisotopic (exact) mass is 658 g/mol. The van der Waals surface area contributed by atoms with Crippen LogP contribution >= 0.6 is 0 Å². The highest BCUT2D eigenvalue weighted by molar-refractivity contribution is 6.05. The number of rotatable bonds is 5. The van der Waals surface area contributed by atoms with Crippen molar-refractivity contribution < 1.29 is 43.0 Å². The highest BCUT2D eigenvalue weighted by atomic mass is 35.7. The Labute approximate surface area is 280 Å². The number of hydrogen-bond acceptors (Lipinski definition) is 7. The van der Waals surface area contributed by atoms with Crippen molar-refractivity contribution in [1.82, 2.24) is 0 Å². The number of methoxy groups -OCH3 is 1. The maximum Gasteiger partial charge on any atom is 0.232 e. The van der Waals surface area contributed by atoms with Gasteiger partial charge in [0.25, 0.3) is 0 Å². The number of benzene rings is 4. The molecule has 0 bridgehead atoms. The van der Waals surface area contributed by atoms with Crippen LogP contribution in [0, 0.1) is 10.2 Å². The molecule has 48 heavy (non-hydrogen) atoms. The largest absolute Gasteiger partial charge is 0.497 e. The van der Waals surface area contributed by atoms with Crippen LogP contribution in [0.2, 0.25) is 0 Å². The Morgan fingerprint density at radius 1 is 0.646 bits per heavy atom. The summed E-state index contributed by atoms with van der Waals surface area (Å²) in [5, 5.41) is 5.15. The van der Waals surface area contributed by atoms with E-state index in [-0.39, 0.29) is 6.04 Å². The highest BCUT2D eigenvalue weighted by Gasteiger charge is 2.36. The highest BCUT2D eigenvalue weighted by Crippen LogP contribution is 2.35. The van der Waals surface area contributed by atoms with Gasteiger partial charge in [0, 0.05) is 34.4 Å². The Kier molecular flexibility index (Phi) is 9.91. The molecule has 7 rings (SSSR count). The van der Waals surface area contributed by atoms with Gasteiger partial charge in [0.2, 0.25) is 11.8 Å². The summed E-state index contributed by atoms with van der Waals surface area (Å²) in [5.41, 5.74) is 8.75. The minimum absolute atomic E-state index is 0.106. The summed E-state index contributed by atoms with van der Waals surface area (Å²) >= 11 is 0. The summed E-state index contributed by atoms with van der Waals surface area (Å²) in [6.07, 6.45) is 13.8. The molecule has 2 heterocycles. The minimum Gasteiger partial charge on any atom is -0.497 e. The second kappa shape index (κ2) is 14.6. The Bertz CT molecular complexity index is 1890. The topological polar surface area (TPSA) is 126 Å². The Morgan fingerprint density at radius 3 is 1.65 bits per heavy atom. The van der Waals surface area contributed by atoms with Crippen LogP contribution < -0.4 is 23.4 Å². The molecule has 240 valence electrons. The first-order chi connectivity index (χ1) is 23.2. The van der Waals surface area contributed by atoms with Crippen molar-refractivity contribution in [3.63, 3.8) is 0 Å². The van der Waals surface area contributed by atoms with E-state index in [9.17, 15) is 0 Å². The van der Waals surface area contributed by atoms with E-state index in [1.807, 2.05) is 48.5 Å². The maximum atomic E-state index is 8.49. The molecule has 4 aromatic carbocycles. The zero-order valence-corrected chi connectivity index (χ0v) is 26.7. The van der Waals surface area contributed by atoms with Crippen LogP contribution in [0.3, 0.4) is 0 Å². The van der Waals surface area contributed by atoms with Crippen LogP contribution in [0.5, 0.6) is 5.75 Å². The molecular formula is C39H31ClN2O6. The van der Waals surface area contributed by atoms with E-state index in [1.165, 1.54) is 5.56 Å². The Balaban J connectivity index is 0.000000749.